The topological polar surface area (TPSA) is 45.2 Å². The van der Waals surface area contributed by atoms with Gasteiger partial charge < -0.3 is 4.98 Å². The Morgan fingerprint density at radius 2 is 2.07 bits per heavy atom. The number of nitrogens with zero attached hydrogens (tertiary/aromatic N) is 1. The third-order valence-corrected chi connectivity index (χ3v) is 2.44. The molecule has 2 aromatic rings. The molecule has 0 fully saturated rings. The molecule has 4 heteroatoms. The molecule has 0 aliphatic carbocycles. The number of benzene rings is 1. The lowest BCUT2D eigenvalue weighted by molar-refractivity contribution is -0.117. The van der Waals surface area contributed by atoms with Gasteiger partial charge in [-0.15, -0.1) is 12.4 Å². The van der Waals surface area contributed by atoms with Gasteiger partial charge in [-0.05, 0) is 6.07 Å². The molecule has 1 aliphatic heterocycles. The molecule has 0 atom stereocenters. The van der Waals surface area contributed by atoms with Gasteiger partial charge in [0.25, 0.3) is 5.91 Å². The van der Waals surface area contributed by atoms with E-state index in [0.29, 0.717) is 11.9 Å². The molecule has 1 aromatic carbocycles. The van der Waals surface area contributed by atoms with Crippen LogP contribution in [-0.2, 0) is 4.79 Å². The highest BCUT2D eigenvalue weighted by molar-refractivity contribution is 5.87. The largest absolute Gasteiger partial charge is 0.339 e. The molecule has 3 rings (SSSR count). The number of hydrogen-bond acceptors (Lipinski definition) is 1. The molecule has 76 valence electrons. The van der Waals surface area contributed by atoms with Crippen LogP contribution in [0.1, 0.15) is 6.42 Å². The van der Waals surface area contributed by atoms with Crippen molar-refractivity contribution in [3.63, 3.8) is 0 Å². The van der Waals surface area contributed by atoms with Crippen molar-refractivity contribution in [2.45, 2.75) is 6.42 Å². The fourth-order valence-corrected chi connectivity index (χ4v) is 1.80. The summed E-state index contributed by atoms with van der Waals surface area (Å²) in [5.41, 5.74) is 1.73. The predicted octanol–water partition coefficient (Wildman–Crippen LogP) is 0.920. The molecule has 1 N–H and O–H groups in total. The standard InChI is InChI=1S/C11H8N2O.ClH/c14-10-6-5-8-7-3-1-2-4-9(7)12-11(8)13-10;/h1-5H,6H2,(H,12,13,14);1H. The minimum absolute atomic E-state index is 0. The predicted molar refractivity (Wildman–Crippen MR) is 60.4 cm³/mol. The molecular formula is C11H9ClN2O. The van der Waals surface area contributed by atoms with Crippen LogP contribution >= 0.6 is 12.4 Å². The second-order valence-corrected chi connectivity index (χ2v) is 3.35. The third kappa shape index (κ3) is 1.45. The molecule has 1 aliphatic rings. The molecule has 0 saturated carbocycles. The zero-order valence-corrected chi connectivity index (χ0v) is 8.67. The molecule has 0 unspecified atom stereocenters. The molecule has 0 spiro atoms. The SMILES string of the molecule is Cl.O=C1CC=c2c([nH]c3ccccc23)=N1. The van der Waals surface area contributed by atoms with Crippen molar-refractivity contribution in [3.05, 3.63) is 35.0 Å². The molecule has 0 saturated heterocycles. The Kier molecular flexibility index (Phi) is 2.32. The Bertz CT molecular complexity index is 642. The lowest BCUT2D eigenvalue weighted by Gasteiger charge is -1.92. The number of H-pyrrole nitrogens is 1. The minimum Gasteiger partial charge on any atom is -0.339 e. The van der Waals surface area contributed by atoms with Gasteiger partial charge in [0.15, 0.2) is 0 Å². The van der Waals surface area contributed by atoms with E-state index in [4.69, 9.17) is 0 Å². The quantitative estimate of drug-likeness (QED) is 0.705. The maximum atomic E-state index is 11.1. The fourth-order valence-electron chi connectivity index (χ4n) is 1.80. The van der Waals surface area contributed by atoms with E-state index in [1.165, 1.54) is 0 Å². The molecule has 15 heavy (non-hydrogen) atoms. The first-order valence-corrected chi connectivity index (χ1v) is 4.53. The second kappa shape index (κ2) is 3.51. The van der Waals surface area contributed by atoms with Gasteiger partial charge in [0, 0.05) is 22.5 Å². The Balaban J connectivity index is 0.000000853. The number of carbonyl (C=O) groups is 1. The van der Waals surface area contributed by atoms with Crippen LogP contribution in [0.15, 0.2) is 29.3 Å². The lowest BCUT2D eigenvalue weighted by Crippen LogP contribution is -2.28. The van der Waals surface area contributed by atoms with Crippen LogP contribution in [0.2, 0.25) is 0 Å². The van der Waals surface area contributed by atoms with Crippen molar-refractivity contribution < 1.29 is 4.79 Å². The van der Waals surface area contributed by atoms with Crippen LogP contribution in [0.4, 0.5) is 0 Å². The highest BCUT2D eigenvalue weighted by atomic mass is 35.5. The van der Waals surface area contributed by atoms with Crippen molar-refractivity contribution in [1.29, 1.82) is 0 Å². The molecule has 0 radical (unpaired) electrons. The smallest absolute Gasteiger partial charge is 0.251 e. The fraction of sp³-hybridized carbons (Fsp3) is 0.0909. The number of carbonyl (C=O) groups excluding carboxylic acids is 1. The number of para-hydroxylation sites is 1. The number of aromatic nitrogens is 1. The summed E-state index contributed by atoms with van der Waals surface area (Å²) in [7, 11) is 0. The Labute approximate surface area is 91.9 Å². The number of rotatable bonds is 0. The van der Waals surface area contributed by atoms with Crippen LogP contribution in [-0.4, -0.2) is 10.9 Å². The first-order valence-electron chi connectivity index (χ1n) is 4.53. The number of aromatic amines is 1. The number of nitrogens with one attached hydrogen (secondary N) is 1. The molecule has 2 heterocycles. The van der Waals surface area contributed by atoms with Gasteiger partial charge in [0.05, 0.1) is 0 Å². The summed E-state index contributed by atoms with van der Waals surface area (Å²) in [6.45, 7) is 0. The van der Waals surface area contributed by atoms with Gasteiger partial charge in [0.1, 0.15) is 5.49 Å². The van der Waals surface area contributed by atoms with Crippen LogP contribution < -0.4 is 10.7 Å². The summed E-state index contributed by atoms with van der Waals surface area (Å²) in [5.74, 6) is -0.0796. The number of amides is 1. The van der Waals surface area contributed by atoms with Gasteiger partial charge in [-0.25, -0.2) is 0 Å². The van der Waals surface area contributed by atoms with Crippen LogP contribution in [0.25, 0.3) is 17.0 Å². The molecular weight excluding hydrogens is 212 g/mol. The minimum atomic E-state index is -0.0796. The normalized spacial score (nSPS) is 13.7. The molecule has 1 amide bonds. The third-order valence-electron chi connectivity index (χ3n) is 2.44. The van der Waals surface area contributed by atoms with Crippen molar-refractivity contribution in [2.75, 3.05) is 0 Å². The van der Waals surface area contributed by atoms with E-state index in [1.807, 2.05) is 30.3 Å². The Morgan fingerprint density at radius 3 is 2.93 bits per heavy atom. The lowest BCUT2D eigenvalue weighted by atomic mass is 10.2. The van der Waals surface area contributed by atoms with Crippen LogP contribution in [0.5, 0.6) is 0 Å². The highest BCUT2D eigenvalue weighted by Crippen LogP contribution is 2.05. The summed E-state index contributed by atoms with van der Waals surface area (Å²) in [4.78, 5) is 18.2. The van der Waals surface area contributed by atoms with E-state index >= 15 is 0 Å². The van der Waals surface area contributed by atoms with Crippen LogP contribution in [0, 0.1) is 0 Å². The number of hydrogen-bond donors (Lipinski definition) is 1. The molecule has 1 aromatic heterocycles. The van der Waals surface area contributed by atoms with E-state index < -0.39 is 0 Å². The Morgan fingerprint density at radius 1 is 1.27 bits per heavy atom. The average molecular weight is 221 g/mol. The average Bonchev–Trinajstić information content (AvgIpc) is 2.54. The first kappa shape index (κ1) is 9.93. The summed E-state index contributed by atoms with van der Waals surface area (Å²) in [5, 5.41) is 2.19. The van der Waals surface area contributed by atoms with Gasteiger partial charge in [-0.3, -0.25) is 4.79 Å². The zero-order chi connectivity index (χ0) is 9.54. The van der Waals surface area contributed by atoms with E-state index in [1.54, 1.807) is 0 Å². The summed E-state index contributed by atoms with van der Waals surface area (Å²) >= 11 is 0. The highest BCUT2D eigenvalue weighted by Gasteiger charge is 2.06. The first-order chi connectivity index (χ1) is 6.84. The van der Waals surface area contributed by atoms with Crippen molar-refractivity contribution >= 4 is 35.3 Å². The van der Waals surface area contributed by atoms with Crippen molar-refractivity contribution in [3.8, 4) is 0 Å². The maximum absolute atomic E-state index is 11.1. The van der Waals surface area contributed by atoms with Crippen LogP contribution in [0.3, 0.4) is 0 Å². The van der Waals surface area contributed by atoms with Gasteiger partial charge in [-0.1, -0.05) is 24.3 Å². The van der Waals surface area contributed by atoms with E-state index in [9.17, 15) is 4.79 Å². The Hall–Kier alpha value is -1.61. The maximum Gasteiger partial charge on any atom is 0.251 e. The van der Waals surface area contributed by atoms with Gasteiger partial charge >= 0.3 is 0 Å². The summed E-state index contributed by atoms with van der Waals surface area (Å²) in [6.07, 6.45) is 2.35. The van der Waals surface area contributed by atoms with Gasteiger partial charge in [-0.2, -0.15) is 4.99 Å². The summed E-state index contributed by atoms with van der Waals surface area (Å²) in [6, 6.07) is 7.97. The number of fused-ring (bicyclic) bond motifs is 3. The molecule has 0 bridgehead atoms. The number of halogens is 1. The van der Waals surface area contributed by atoms with Gasteiger partial charge in [0.2, 0.25) is 0 Å². The molecule has 3 nitrogen and oxygen atoms in total. The van der Waals surface area contributed by atoms with E-state index in [0.717, 1.165) is 16.1 Å². The van der Waals surface area contributed by atoms with E-state index in [-0.39, 0.29) is 18.3 Å². The van der Waals surface area contributed by atoms with Crippen molar-refractivity contribution in [2.24, 2.45) is 4.99 Å². The zero-order valence-electron chi connectivity index (χ0n) is 7.86. The van der Waals surface area contributed by atoms with Crippen molar-refractivity contribution in [1.82, 2.24) is 4.98 Å². The van der Waals surface area contributed by atoms with E-state index in [2.05, 4.69) is 9.98 Å². The summed E-state index contributed by atoms with van der Waals surface area (Å²) < 4.78 is 0. The second-order valence-electron chi connectivity index (χ2n) is 3.35. The monoisotopic (exact) mass is 220 g/mol.